The molecule has 0 atom stereocenters. The Hall–Kier alpha value is -3.43. The van der Waals surface area contributed by atoms with Gasteiger partial charge in [-0.05, 0) is 31.5 Å². The van der Waals surface area contributed by atoms with Gasteiger partial charge in [-0.2, -0.15) is 5.10 Å². The van der Waals surface area contributed by atoms with Crippen LogP contribution in [-0.4, -0.2) is 40.5 Å². The molecule has 0 aliphatic heterocycles. The van der Waals surface area contributed by atoms with Crippen LogP contribution in [0, 0.1) is 18.2 Å². The molecule has 2 aromatic rings. The second-order valence-electron chi connectivity index (χ2n) is 6.32. The van der Waals surface area contributed by atoms with Crippen LogP contribution in [0.25, 0.3) is 5.70 Å². The van der Waals surface area contributed by atoms with Gasteiger partial charge >= 0.3 is 0 Å². The Morgan fingerprint density at radius 2 is 2.10 bits per heavy atom. The standard InChI is InChI=1S/C20H24F3N7/c1-4-9-30(12-25-19-11-18(20(22)23)27-14(3)28-19)13(2)16-10-15(21)5-6-17(16)29-26-8-7-24/h5-8,10-11,20,24,29H,2,4,9,12H2,1,3H3,(H,25,27,28)/b24-7?,26-8-. The van der Waals surface area contributed by atoms with Crippen LogP contribution in [0.1, 0.15) is 36.9 Å². The maximum absolute atomic E-state index is 13.9. The maximum atomic E-state index is 13.9. The molecule has 0 aliphatic rings. The normalized spacial score (nSPS) is 11.0. The predicted octanol–water partition coefficient (Wildman–Crippen LogP) is 4.66. The van der Waals surface area contributed by atoms with Crippen LogP contribution in [-0.2, 0) is 0 Å². The first-order chi connectivity index (χ1) is 14.3. The molecular formula is C20H24F3N7. The van der Waals surface area contributed by atoms with Gasteiger partial charge in [0.05, 0.1) is 18.6 Å². The third-order valence-corrected chi connectivity index (χ3v) is 4.03. The van der Waals surface area contributed by atoms with Crippen molar-refractivity contribution in [2.24, 2.45) is 5.10 Å². The third kappa shape index (κ3) is 6.29. The molecule has 2 rings (SSSR count). The second kappa shape index (κ2) is 10.9. The molecule has 0 radical (unpaired) electrons. The summed E-state index contributed by atoms with van der Waals surface area (Å²) in [7, 11) is 0. The van der Waals surface area contributed by atoms with Gasteiger partial charge in [0, 0.05) is 30.1 Å². The molecule has 1 aromatic heterocycles. The summed E-state index contributed by atoms with van der Waals surface area (Å²) in [6, 6.07) is 5.34. The molecule has 0 bridgehead atoms. The van der Waals surface area contributed by atoms with Gasteiger partial charge in [-0.15, -0.1) is 0 Å². The zero-order valence-electron chi connectivity index (χ0n) is 16.8. The highest BCUT2D eigenvalue weighted by molar-refractivity contribution is 6.14. The van der Waals surface area contributed by atoms with Crippen molar-refractivity contribution < 1.29 is 13.2 Å². The van der Waals surface area contributed by atoms with Gasteiger partial charge in [-0.25, -0.2) is 23.1 Å². The van der Waals surface area contributed by atoms with Crippen molar-refractivity contribution in [2.45, 2.75) is 26.7 Å². The number of rotatable bonds is 11. The number of hydrogen-bond donors (Lipinski definition) is 3. The number of aromatic nitrogens is 2. The summed E-state index contributed by atoms with van der Waals surface area (Å²) in [4.78, 5) is 9.71. The van der Waals surface area contributed by atoms with Gasteiger partial charge in [0.2, 0.25) is 0 Å². The lowest BCUT2D eigenvalue weighted by Gasteiger charge is -2.28. The molecule has 160 valence electrons. The highest BCUT2D eigenvalue weighted by Gasteiger charge is 2.16. The van der Waals surface area contributed by atoms with Gasteiger partial charge in [0.1, 0.15) is 23.2 Å². The first-order valence-corrected chi connectivity index (χ1v) is 9.25. The van der Waals surface area contributed by atoms with E-state index in [2.05, 4.69) is 32.4 Å². The molecule has 30 heavy (non-hydrogen) atoms. The fourth-order valence-corrected chi connectivity index (χ4v) is 2.72. The van der Waals surface area contributed by atoms with Gasteiger partial charge in [-0.3, -0.25) is 5.43 Å². The Kier molecular flexibility index (Phi) is 8.33. The largest absolute Gasteiger partial charge is 0.354 e. The zero-order chi connectivity index (χ0) is 22.1. The summed E-state index contributed by atoms with van der Waals surface area (Å²) < 4.78 is 39.9. The minimum Gasteiger partial charge on any atom is -0.354 e. The highest BCUT2D eigenvalue weighted by Crippen LogP contribution is 2.27. The third-order valence-electron chi connectivity index (χ3n) is 4.03. The molecule has 3 N–H and O–H groups in total. The second-order valence-corrected chi connectivity index (χ2v) is 6.32. The van der Waals surface area contributed by atoms with E-state index in [0.717, 1.165) is 12.6 Å². The van der Waals surface area contributed by atoms with Crippen LogP contribution in [0.5, 0.6) is 0 Å². The van der Waals surface area contributed by atoms with Crippen molar-refractivity contribution in [1.82, 2.24) is 14.9 Å². The smallest absolute Gasteiger partial charge is 0.280 e. The lowest BCUT2D eigenvalue weighted by atomic mass is 10.1. The first-order valence-electron chi connectivity index (χ1n) is 9.25. The minimum absolute atomic E-state index is 0.214. The van der Waals surface area contributed by atoms with E-state index in [1.807, 2.05) is 11.8 Å². The van der Waals surface area contributed by atoms with E-state index in [1.165, 1.54) is 30.5 Å². The molecule has 0 spiro atoms. The van der Waals surface area contributed by atoms with Crippen molar-refractivity contribution in [1.29, 1.82) is 5.41 Å². The molecule has 0 saturated heterocycles. The summed E-state index contributed by atoms with van der Waals surface area (Å²) in [6.45, 7) is 8.39. The fourth-order valence-electron chi connectivity index (χ4n) is 2.72. The molecule has 0 unspecified atom stereocenters. The van der Waals surface area contributed by atoms with E-state index in [4.69, 9.17) is 5.41 Å². The van der Waals surface area contributed by atoms with Crippen molar-refractivity contribution >= 4 is 29.6 Å². The number of nitrogens with zero attached hydrogens (tertiary/aromatic N) is 4. The summed E-state index contributed by atoms with van der Waals surface area (Å²) >= 11 is 0. The number of nitrogens with one attached hydrogen (secondary N) is 3. The zero-order valence-corrected chi connectivity index (χ0v) is 16.8. The molecule has 0 saturated carbocycles. The Balaban J connectivity index is 2.24. The van der Waals surface area contributed by atoms with Crippen LogP contribution in [0.3, 0.4) is 0 Å². The Bertz CT molecular complexity index is 915. The minimum atomic E-state index is -2.70. The Morgan fingerprint density at radius 3 is 2.77 bits per heavy atom. The van der Waals surface area contributed by atoms with Crippen LogP contribution >= 0.6 is 0 Å². The molecule has 7 nitrogen and oxygen atoms in total. The van der Waals surface area contributed by atoms with E-state index in [1.54, 1.807) is 6.92 Å². The average Bonchev–Trinajstić information content (AvgIpc) is 2.71. The molecule has 1 heterocycles. The van der Waals surface area contributed by atoms with E-state index >= 15 is 0 Å². The van der Waals surface area contributed by atoms with Gasteiger partial charge in [-0.1, -0.05) is 13.5 Å². The van der Waals surface area contributed by atoms with Crippen LogP contribution < -0.4 is 10.7 Å². The lowest BCUT2D eigenvalue weighted by Crippen LogP contribution is -2.29. The van der Waals surface area contributed by atoms with Crippen LogP contribution in [0.4, 0.5) is 24.7 Å². The molecule has 1 aromatic carbocycles. The summed E-state index contributed by atoms with van der Waals surface area (Å²) in [5.74, 6) is 0.0573. The van der Waals surface area contributed by atoms with Crippen molar-refractivity contribution in [3.05, 3.63) is 53.7 Å². The molecular weight excluding hydrogens is 395 g/mol. The fraction of sp³-hybridized carbons (Fsp3) is 0.300. The lowest BCUT2D eigenvalue weighted by molar-refractivity contribution is 0.145. The van der Waals surface area contributed by atoms with Crippen LogP contribution in [0.2, 0.25) is 0 Å². The van der Waals surface area contributed by atoms with E-state index in [0.29, 0.717) is 23.5 Å². The number of hydrogen-bond acceptors (Lipinski definition) is 7. The quantitative estimate of drug-likeness (QED) is 0.280. The number of aryl methyl sites for hydroxylation is 1. The van der Waals surface area contributed by atoms with Crippen molar-refractivity contribution in [3.8, 4) is 0 Å². The summed E-state index contributed by atoms with van der Waals surface area (Å²) in [5.41, 5.74) is 3.91. The Labute approximate surface area is 173 Å². The van der Waals surface area contributed by atoms with E-state index in [-0.39, 0.29) is 24.0 Å². The average molecular weight is 419 g/mol. The highest BCUT2D eigenvalue weighted by atomic mass is 19.3. The van der Waals surface area contributed by atoms with Crippen molar-refractivity contribution in [3.63, 3.8) is 0 Å². The number of alkyl halides is 2. The first kappa shape index (κ1) is 22.9. The Morgan fingerprint density at radius 1 is 1.33 bits per heavy atom. The number of halogens is 3. The SMILES string of the molecule is C=C(c1cc(F)ccc1N/N=C\C=N)N(CCC)CNc1cc(C(F)F)nc(C)n1. The summed E-state index contributed by atoms with van der Waals surface area (Å²) in [5, 5.41) is 13.9. The van der Waals surface area contributed by atoms with E-state index in [9.17, 15) is 13.2 Å². The number of benzene rings is 1. The number of hydrazone groups is 1. The maximum Gasteiger partial charge on any atom is 0.280 e. The van der Waals surface area contributed by atoms with Crippen molar-refractivity contribution in [2.75, 3.05) is 24.0 Å². The topological polar surface area (TPSA) is 89.3 Å². The van der Waals surface area contributed by atoms with Gasteiger partial charge < -0.3 is 15.6 Å². The van der Waals surface area contributed by atoms with E-state index < -0.39 is 12.2 Å². The summed E-state index contributed by atoms with van der Waals surface area (Å²) in [6.07, 6.45) is 0.335. The predicted molar refractivity (Wildman–Crippen MR) is 114 cm³/mol. The molecule has 10 heteroatoms. The number of anilines is 2. The molecule has 0 amide bonds. The van der Waals surface area contributed by atoms with Gasteiger partial charge in [0.25, 0.3) is 6.43 Å². The molecule has 0 fully saturated rings. The van der Waals surface area contributed by atoms with Crippen LogP contribution in [0.15, 0.2) is 35.9 Å². The van der Waals surface area contributed by atoms with Gasteiger partial charge in [0.15, 0.2) is 0 Å². The monoisotopic (exact) mass is 419 g/mol. The molecule has 0 aliphatic carbocycles.